The second-order valence-electron chi connectivity index (χ2n) is 5.51. The lowest BCUT2D eigenvalue weighted by molar-refractivity contribution is 0.000631. The highest BCUT2D eigenvalue weighted by Crippen LogP contribution is 2.21. The Labute approximate surface area is 122 Å². The zero-order valence-corrected chi connectivity index (χ0v) is 13.6. The van der Waals surface area contributed by atoms with Crippen molar-refractivity contribution in [3.63, 3.8) is 0 Å². The summed E-state index contributed by atoms with van der Waals surface area (Å²) < 4.78 is 5.70. The summed E-state index contributed by atoms with van der Waals surface area (Å²) in [5, 5.41) is 6.53. The molecule has 5 heteroatoms. The highest BCUT2D eigenvalue weighted by molar-refractivity contribution is 5.57. The molecule has 0 amide bonds. The second-order valence-corrected chi connectivity index (χ2v) is 5.51. The van der Waals surface area contributed by atoms with Crippen molar-refractivity contribution in [3.8, 4) is 0 Å². The van der Waals surface area contributed by atoms with Gasteiger partial charge in [-0.05, 0) is 34.1 Å². The molecule has 0 radical (unpaired) electrons. The van der Waals surface area contributed by atoms with E-state index in [-0.39, 0.29) is 5.60 Å². The van der Waals surface area contributed by atoms with Crippen LogP contribution in [0.15, 0.2) is 0 Å². The number of anilines is 2. The maximum atomic E-state index is 5.70. The first-order valence-corrected chi connectivity index (χ1v) is 7.36. The van der Waals surface area contributed by atoms with Crippen molar-refractivity contribution in [2.45, 2.75) is 53.1 Å². The standard InChI is InChI=1S/C15H28N4O/c1-7-9-12-18-13(16-6)11(3)14(19-12)17-10-15(4,5)20-8-2/h7-10H2,1-6H3,(H2,16,17,18,19). The van der Waals surface area contributed by atoms with E-state index in [0.717, 1.165) is 35.9 Å². The van der Waals surface area contributed by atoms with Crippen molar-refractivity contribution in [1.29, 1.82) is 0 Å². The molecule has 0 bridgehead atoms. The molecule has 0 aromatic carbocycles. The van der Waals surface area contributed by atoms with Crippen LogP contribution >= 0.6 is 0 Å². The van der Waals surface area contributed by atoms with Crippen LogP contribution in [0.25, 0.3) is 0 Å². The lowest BCUT2D eigenvalue weighted by atomic mass is 10.1. The molecule has 0 aliphatic heterocycles. The number of nitrogens with zero attached hydrogens (tertiary/aromatic N) is 2. The van der Waals surface area contributed by atoms with Gasteiger partial charge in [-0.2, -0.15) is 0 Å². The summed E-state index contributed by atoms with van der Waals surface area (Å²) in [6.07, 6.45) is 1.93. The summed E-state index contributed by atoms with van der Waals surface area (Å²) in [5.74, 6) is 2.65. The fourth-order valence-electron chi connectivity index (χ4n) is 2.05. The van der Waals surface area contributed by atoms with Crippen molar-refractivity contribution < 1.29 is 4.74 Å². The quantitative estimate of drug-likeness (QED) is 0.766. The van der Waals surface area contributed by atoms with Crippen LogP contribution < -0.4 is 10.6 Å². The number of aromatic nitrogens is 2. The molecule has 0 saturated heterocycles. The predicted molar refractivity (Wildman–Crippen MR) is 84.5 cm³/mol. The average Bonchev–Trinajstić information content (AvgIpc) is 2.39. The Bertz CT molecular complexity index is 432. The molecule has 0 spiro atoms. The van der Waals surface area contributed by atoms with E-state index in [1.165, 1.54) is 0 Å². The third-order valence-electron chi connectivity index (χ3n) is 3.12. The van der Waals surface area contributed by atoms with Gasteiger partial charge < -0.3 is 15.4 Å². The smallest absolute Gasteiger partial charge is 0.134 e. The van der Waals surface area contributed by atoms with Crippen molar-refractivity contribution in [2.75, 3.05) is 30.8 Å². The zero-order chi connectivity index (χ0) is 15.2. The Morgan fingerprint density at radius 3 is 2.35 bits per heavy atom. The summed E-state index contributed by atoms with van der Waals surface area (Å²) in [6, 6.07) is 0. The lowest BCUT2D eigenvalue weighted by Gasteiger charge is -2.26. The molecule has 20 heavy (non-hydrogen) atoms. The molecule has 114 valence electrons. The Hall–Kier alpha value is -1.36. The van der Waals surface area contributed by atoms with Gasteiger partial charge in [0, 0.05) is 32.2 Å². The second kappa shape index (κ2) is 7.43. The number of hydrogen-bond acceptors (Lipinski definition) is 5. The van der Waals surface area contributed by atoms with Gasteiger partial charge >= 0.3 is 0 Å². The number of hydrogen-bond donors (Lipinski definition) is 2. The van der Waals surface area contributed by atoms with Crippen molar-refractivity contribution in [3.05, 3.63) is 11.4 Å². The molecule has 0 atom stereocenters. The Morgan fingerprint density at radius 2 is 1.80 bits per heavy atom. The number of ether oxygens (including phenoxy) is 1. The number of aryl methyl sites for hydroxylation is 1. The van der Waals surface area contributed by atoms with Crippen LogP contribution in [-0.2, 0) is 11.2 Å². The minimum Gasteiger partial charge on any atom is -0.374 e. The summed E-state index contributed by atoms with van der Waals surface area (Å²) in [7, 11) is 1.89. The van der Waals surface area contributed by atoms with E-state index in [9.17, 15) is 0 Å². The van der Waals surface area contributed by atoms with Gasteiger partial charge in [0.1, 0.15) is 17.5 Å². The number of nitrogens with one attached hydrogen (secondary N) is 2. The van der Waals surface area contributed by atoms with E-state index >= 15 is 0 Å². The molecule has 0 unspecified atom stereocenters. The topological polar surface area (TPSA) is 59.1 Å². The van der Waals surface area contributed by atoms with Gasteiger partial charge in [-0.25, -0.2) is 9.97 Å². The first kappa shape index (κ1) is 16.7. The van der Waals surface area contributed by atoms with Crippen LogP contribution in [0.1, 0.15) is 45.5 Å². The first-order valence-electron chi connectivity index (χ1n) is 7.36. The van der Waals surface area contributed by atoms with Crippen molar-refractivity contribution in [1.82, 2.24) is 9.97 Å². The minimum atomic E-state index is -0.211. The van der Waals surface area contributed by atoms with Crippen molar-refractivity contribution in [2.24, 2.45) is 0 Å². The normalized spacial score (nSPS) is 11.5. The maximum Gasteiger partial charge on any atom is 0.134 e. The summed E-state index contributed by atoms with van der Waals surface area (Å²) in [6.45, 7) is 11.7. The zero-order valence-electron chi connectivity index (χ0n) is 13.6. The monoisotopic (exact) mass is 280 g/mol. The molecule has 1 heterocycles. The van der Waals surface area contributed by atoms with Crippen LogP contribution in [0.2, 0.25) is 0 Å². The number of rotatable bonds is 8. The SMILES string of the molecule is CCCc1nc(NC)c(C)c(NCC(C)(C)OCC)n1. The van der Waals surface area contributed by atoms with Crippen LogP contribution in [0.3, 0.4) is 0 Å². The molecular formula is C15H28N4O. The van der Waals surface area contributed by atoms with Crippen molar-refractivity contribution >= 4 is 11.6 Å². The Balaban J connectivity index is 2.90. The van der Waals surface area contributed by atoms with E-state index in [1.54, 1.807) is 0 Å². The van der Waals surface area contributed by atoms with E-state index in [0.29, 0.717) is 13.2 Å². The van der Waals surface area contributed by atoms with E-state index < -0.39 is 0 Å². The molecule has 0 aliphatic carbocycles. The molecule has 2 N–H and O–H groups in total. The fourth-order valence-corrected chi connectivity index (χ4v) is 2.05. The predicted octanol–water partition coefficient (Wildman–Crippen LogP) is 3.01. The molecule has 0 fully saturated rings. The molecule has 1 aromatic rings. The molecular weight excluding hydrogens is 252 g/mol. The van der Waals surface area contributed by atoms with Gasteiger partial charge in [-0.15, -0.1) is 0 Å². The molecule has 0 aliphatic rings. The Kier molecular flexibility index (Phi) is 6.20. The van der Waals surface area contributed by atoms with Gasteiger partial charge in [0.15, 0.2) is 0 Å². The molecule has 5 nitrogen and oxygen atoms in total. The van der Waals surface area contributed by atoms with Crippen LogP contribution in [-0.4, -0.2) is 35.8 Å². The lowest BCUT2D eigenvalue weighted by Crippen LogP contribution is -2.34. The largest absolute Gasteiger partial charge is 0.374 e. The Morgan fingerprint density at radius 1 is 1.15 bits per heavy atom. The third kappa shape index (κ3) is 4.63. The van der Waals surface area contributed by atoms with E-state index in [1.807, 2.05) is 20.9 Å². The highest BCUT2D eigenvalue weighted by atomic mass is 16.5. The van der Waals surface area contributed by atoms with Crippen LogP contribution in [0.5, 0.6) is 0 Å². The summed E-state index contributed by atoms with van der Waals surface area (Å²) >= 11 is 0. The van der Waals surface area contributed by atoms with Gasteiger partial charge in [0.25, 0.3) is 0 Å². The molecule has 1 rings (SSSR count). The molecule has 0 saturated carbocycles. The van der Waals surface area contributed by atoms with Gasteiger partial charge in [-0.1, -0.05) is 6.92 Å². The third-order valence-corrected chi connectivity index (χ3v) is 3.12. The summed E-state index contributed by atoms with van der Waals surface area (Å²) in [5.41, 5.74) is 0.830. The summed E-state index contributed by atoms with van der Waals surface area (Å²) in [4.78, 5) is 9.14. The highest BCUT2D eigenvalue weighted by Gasteiger charge is 2.19. The van der Waals surface area contributed by atoms with Gasteiger partial charge in [-0.3, -0.25) is 0 Å². The fraction of sp³-hybridized carbons (Fsp3) is 0.733. The molecule has 1 aromatic heterocycles. The minimum absolute atomic E-state index is 0.211. The van der Waals surface area contributed by atoms with Gasteiger partial charge in [0.05, 0.1) is 5.60 Å². The first-order chi connectivity index (χ1) is 9.43. The van der Waals surface area contributed by atoms with E-state index in [4.69, 9.17) is 4.74 Å². The van der Waals surface area contributed by atoms with E-state index in [2.05, 4.69) is 41.4 Å². The van der Waals surface area contributed by atoms with Crippen LogP contribution in [0, 0.1) is 6.92 Å². The van der Waals surface area contributed by atoms with Crippen LogP contribution in [0.4, 0.5) is 11.6 Å². The van der Waals surface area contributed by atoms with Gasteiger partial charge in [0.2, 0.25) is 0 Å². The average molecular weight is 280 g/mol. The maximum absolute atomic E-state index is 5.70.